The van der Waals surface area contributed by atoms with Crippen molar-refractivity contribution in [1.29, 1.82) is 0 Å². The Labute approximate surface area is 143 Å². The standard InChI is InChI=1S/C20H17F3O2/c21-17-11-16-14-5-2-12(3-7-18-24-8-1-9-25-18)10-13(14)4-6-15(16)19(22)20(17)23/h2,4-6,10-11,18H,1,3,7-9H2. The second kappa shape index (κ2) is 6.65. The van der Waals surface area contributed by atoms with E-state index in [-0.39, 0.29) is 11.7 Å². The molecule has 1 fully saturated rings. The summed E-state index contributed by atoms with van der Waals surface area (Å²) < 4.78 is 52.1. The molecule has 1 aliphatic rings. The lowest BCUT2D eigenvalue weighted by molar-refractivity contribution is -0.180. The first-order chi connectivity index (χ1) is 12.1. The molecule has 3 aromatic carbocycles. The molecule has 25 heavy (non-hydrogen) atoms. The second-order valence-corrected chi connectivity index (χ2v) is 6.27. The predicted molar refractivity (Wildman–Crippen MR) is 90.0 cm³/mol. The number of benzene rings is 3. The highest BCUT2D eigenvalue weighted by Crippen LogP contribution is 2.30. The third-order valence-electron chi connectivity index (χ3n) is 4.60. The number of ether oxygens (including phenoxy) is 2. The van der Waals surface area contributed by atoms with E-state index < -0.39 is 17.5 Å². The molecule has 0 saturated carbocycles. The molecular formula is C20H17F3O2. The molecule has 1 aliphatic heterocycles. The van der Waals surface area contributed by atoms with Crippen LogP contribution in [0.3, 0.4) is 0 Å². The van der Waals surface area contributed by atoms with Gasteiger partial charge < -0.3 is 9.47 Å². The highest BCUT2D eigenvalue weighted by molar-refractivity contribution is 6.07. The van der Waals surface area contributed by atoms with Crippen LogP contribution in [0.25, 0.3) is 21.5 Å². The van der Waals surface area contributed by atoms with Crippen molar-refractivity contribution >= 4 is 21.5 Å². The minimum absolute atomic E-state index is 0.0863. The van der Waals surface area contributed by atoms with E-state index in [9.17, 15) is 13.2 Å². The van der Waals surface area contributed by atoms with Crippen molar-refractivity contribution in [2.75, 3.05) is 13.2 Å². The Kier molecular flexibility index (Phi) is 4.36. The van der Waals surface area contributed by atoms with Crippen LogP contribution in [0, 0.1) is 17.5 Å². The van der Waals surface area contributed by atoms with Crippen LogP contribution in [0.1, 0.15) is 18.4 Å². The molecule has 0 aliphatic carbocycles. The third kappa shape index (κ3) is 3.10. The molecule has 0 atom stereocenters. The van der Waals surface area contributed by atoms with Gasteiger partial charge in [-0.05, 0) is 40.6 Å². The Hall–Kier alpha value is -2.11. The Morgan fingerprint density at radius 3 is 2.40 bits per heavy atom. The molecule has 0 bridgehead atoms. The fourth-order valence-electron chi connectivity index (χ4n) is 3.31. The Bertz CT molecular complexity index is 933. The van der Waals surface area contributed by atoms with E-state index in [1.54, 1.807) is 6.07 Å². The van der Waals surface area contributed by atoms with Crippen LogP contribution in [-0.4, -0.2) is 19.5 Å². The summed E-state index contributed by atoms with van der Waals surface area (Å²) in [4.78, 5) is 0. The van der Waals surface area contributed by atoms with Crippen molar-refractivity contribution in [2.24, 2.45) is 0 Å². The molecule has 0 radical (unpaired) electrons. The van der Waals surface area contributed by atoms with E-state index in [4.69, 9.17) is 9.47 Å². The van der Waals surface area contributed by atoms with Gasteiger partial charge in [-0.15, -0.1) is 0 Å². The van der Waals surface area contributed by atoms with Gasteiger partial charge in [-0.2, -0.15) is 0 Å². The Balaban J connectivity index is 1.67. The first-order valence-corrected chi connectivity index (χ1v) is 8.35. The number of fused-ring (bicyclic) bond motifs is 3. The van der Waals surface area contributed by atoms with E-state index in [0.29, 0.717) is 10.8 Å². The van der Waals surface area contributed by atoms with Gasteiger partial charge in [0.25, 0.3) is 0 Å². The van der Waals surface area contributed by atoms with Gasteiger partial charge in [0.2, 0.25) is 0 Å². The predicted octanol–water partition coefficient (Wildman–Crippen LogP) is 5.11. The van der Waals surface area contributed by atoms with Crippen LogP contribution >= 0.6 is 0 Å². The molecule has 1 heterocycles. The van der Waals surface area contributed by atoms with Gasteiger partial charge in [0.1, 0.15) is 0 Å². The molecule has 5 heteroatoms. The van der Waals surface area contributed by atoms with Crippen LogP contribution in [0.15, 0.2) is 36.4 Å². The third-order valence-corrected chi connectivity index (χ3v) is 4.60. The quantitative estimate of drug-likeness (QED) is 0.485. The molecule has 1 saturated heterocycles. The number of hydrogen-bond donors (Lipinski definition) is 0. The maximum atomic E-state index is 14.0. The van der Waals surface area contributed by atoms with Crippen LogP contribution < -0.4 is 0 Å². The normalized spacial score (nSPS) is 16.0. The fraction of sp³-hybridized carbons (Fsp3) is 0.300. The second-order valence-electron chi connectivity index (χ2n) is 6.27. The van der Waals surface area contributed by atoms with Gasteiger partial charge in [0.05, 0.1) is 13.2 Å². The van der Waals surface area contributed by atoms with Crippen molar-refractivity contribution in [3.8, 4) is 0 Å². The summed E-state index contributed by atoms with van der Waals surface area (Å²) >= 11 is 0. The zero-order chi connectivity index (χ0) is 17.4. The topological polar surface area (TPSA) is 18.5 Å². The van der Waals surface area contributed by atoms with Gasteiger partial charge in [-0.3, -0.25) is 0 Å². The largest absolute Gasteiger partial charge is 0.353 e. The Morgan fingerprint density at radius 1 is 0.840 bits per heavy atom. The first-order valence-electron chi connectivity index (χ1n) is 8.35. The lowest BCUT2D eigenvalue weighted by Gasteiger charge is -2.23. The van der Waals surface area contributed by atoms with Gasteiger partial charge in [0.15, 0.2) is 23.7 Å². The highest BCUT2D eigenvalue weighted by Gasteiger charge is 2.16. The van der Waals surface area contributed by atoms with Crippen molar-refractivity contribution in [1.82, 2.24) is 0 Å². The molecule has 0 spiro atoms. The lowest BCUT2D eigenvalue weighted by Crippen LogP contribution is -2.25. The van der Waals surface area contributed by atoms with Crippen molar-refractivity contribution in [3.63, 3.8) is 0 Å². The van der Waals surface area contributed by atoms with Gasteiger partial charge >= 0.3 is 0 Å². The van der Waals surface area contributed by atoms with Crippen molar-refractivity contribution < 1.29 is 22.6 Å². The van der Waals surface area contributed by atoms with E-state index in [0.717, 1.165) is 49.5 Å². The molecule has 130 valence electrons. The number of hydrogen-bond acceptors (Lipinski definition) is 2. The van der Waals surface area contributed by atoms with Crippen LogP contribution in [-0.2, 0) is 15.9 Å². The molecule has 4 rings (SSSR count). The maximum Gasteiger partial charge on any atom is 0.195 e. The van der Waals surface area contributed by atoms with Crippen molar-refractivity contribution in [3.05, 3.63) is 59.4 Å². The fourth-order valence-corrected chi connectivity index (χ4v) is 3.31. The summed E-state index contributed by atoms with van der Waals surface area (Å²) in [5.74, 6) is -3.75. The van der Waals surface area contributed by atoms with E-state index in [2.05, 4.69) is 0 Å². The number of aryl methyl sites for hydroxylation is 1. The minimum Gasteiger partial charge on any atom is -0.353 e. The van der Waals surface area contributed by atoms with Crippen LogP contribution in [0.4, 0.5) is 13.2 Å². The summed E-state index contributed by atoms with van der Waals surface area (Å²) in [6.07, 6.45) is 2.29. The summed E-state index contributed by atoms with van der Waals surface area (Å²) in [5, 5.41) is 2.02. The SMILES string of the molecule is Fc1cc2c(ccc3cc(CCC4OCCCO4)ccc32)c(F)c1F. The Morgan fingerprint density at radius 2 is 1.60 bits per heavy atom. The minimum atomic E-state index is -1.43. The van der Waals surface area contributed by atoms with Gasteiger partial charge in [0, 0.05) is 11.8 Å². The van der Waals surface area contributed by atoms with Crippen molar-refractivity contribution in [2.45, 2.75) is 25.6 Å². The van der Waals surface area contributed by atoms with E-state index in [1.807, 2.05) is 18.2 Å². The molecule has 0 amide bonds. The number of halogens is 3. The molecule has 3 aromatic rings. The lowest BCUT2D eigenvalue weighted by atomic mass is 9.98. The average molecular weight is 346 g/mol. The molecule has 0 aromatic heterocycles. The molecule has 0 N–H and O–H groups in total. The van der Waals surface area contributed by atoms with Crippen LogP contribution in [0.2, 0.25) is 0 Å². The zero-order valence-electron chi connectivity index (χ0n) is 13.5. The summed E-state index contributed by atoms with van der Waals surface area (Å²) in [5.41, 5.74) is 1.09. The molecular weight excluding hydrogens is 329 g/mol. The van der Waals surface area contributed by atoms with E-state index in [1.165, 1.54) is 6.07 Å². The van der Waals surface area contributed by atoms with Crippen LogP contribution in [0.5, 0.6) is 0 Å². The average Bonchev–Trinajstić information content (AvgIpc) is 2.65. The summed E-state index contributed by atoms with van der Waals surface area (Å²) in [7, 11) is 0. The smallest absolute Gasteiger partial charge is 0.195 e. The van der Waals surface area contributed by atoms with Gasteiger partial charge in [-0.25, -0.2) is 13.2 Å². The summed E-state index contributed by atoms with van der Waals surface area (Å²) in [6, 6.07) is 10.0. The van der Waals surface area contributed by atoms with E-state index >= 15 is 0 Å². The summed E-state index contributed by atoms with van der Waals surface area (Å²) in [6.45, 7) is 1.45. The number of rotatable bonds is 3. The first kappa shape index (κ1) is 16.4. The zero-order valence-corrected chi connectivity index (χ0v) is 13.5. The molecule has 0 unspecified atom stereocenters. The van der Waals surface area contributed by atoms with Gasteiger partial charge in [-0.1, -0.05) is 30.3 Å². The monoisotopic (exact) mass is 346 g/mol. The highest BCUT2D eigenvalue weighted by atomic mass is 19.2. The maximum absolute atomic E-state index is 14.0. The molecule has 2 nitrogen and oxygen atoms in total.